The third kappa shape index (κ3) is 10.7. The Morgan fingerprint density at radius 2 is 1.25 bits per heavy atom. The molecule has 0 aromatic heterocycles. The summed E-state index contributed by atoms with van der Waals surface area (Å²) < 4.78 is 3.19. The third-order valence-electron chi connectivity index (χ3n) is 0. The van der Waals surface area contributed by atoms with Crippen LogP contribution in [0.25, 0.3) is 0 Å². The largest absolute Gasteiger partial charge is 0.166 e. The van der Waals surface area contributed by atoms with Gasteiger partial charge in [-0.1, -0.05) is 0 Å². The fourth-order valence-corrected chi connectivity index (χ4v) is 0. The Labute approximate surface area is 48.2 Å². The molecule has 0 fully saturated rings. The van der Waals surface area contributed by atoms with Gasteiger partial charge in [0.05, 0.1) is 23.7 Å². The van der Waals surface area contributed by atoms with Crippen LogP contribution < -0.4 is 0 Å². The van der Waals surface area contributed by atoms with Crippen molar-refractivity contribution in [2.45, 2.75) is 0 Å². The van der Waals surface area contributed by atoms with E-state index in [1.807, 2.05) is 0 Å². The van der Waals surface area contributed by atoms with Gasteiger partial charge in [0.25, 0.3) is 0 Å². The summed E-state index contributed by atoms with van der Waals surface area (Å²) in [5.74, 6) is 0. The molecule has 0 aromatic carbocycles. The predicted octanol–water partition coefficient (Wildman–Crippen LogP) is 1.31. The van der Waals surface area contributed by atoms with Gasteiger partial charge in [0.15, 0.2) is 0 Å². The minimum atomic E-state index is 0. The Hall–Kier alpha value is 1.20. The van der Waals surface area contributed by atoms with E-state index in [4.69, 9.17) is 0 Å². The smallest absolute Gasteiger partial charge is 0.0832 e. The Morgan fingerprint density at radius 1 is 1.25 bits per heavy atom. The zero-order chi connectivity index (χ0) is 2.71. The van der Waals surface area contributed by atoms with Gasteiger partial charge in [-0.25, -0.2) is 0 Å². The minimum absolute atomic E-state index is 0. The molecule has 0 spiro atoms. The van der Waals surface area contributed by atoms with Crippen molar-refractivity contribution in [2.75, 3.05) is 0 Å². The average molecular weight is 273 g/mol. The summed E-state index contributed by atoms with van der Waals surface area (Å²) in [5, 5.41) is 0. The van der Waals surface area contributed by atoms with Gasteiger partial charge in [-0.15, -0.1) is 0 Å². The average Bonchev–Trinajstić information content (AvgIpc) is 0.918. The second-order valence-electron chi connectivity index (χ2n) is 0.0583. The molecule has 0 heterocycles. The maximum Gasteiger partial charge on any atom is 0.0832 e. The Bertz CT molecular complexity index is 6.00. The van der Waals surface area contributed by atoms with Crippen molar-refractivity contribution in [2.24, 2.45) is 0 Å². The summed E-state index contributed by atoms with van der Waals surface area (Å²) in [6.45, 7) is 0. The molecular formula is Cl2ORe. The third-order valence-corrected chi connectivity index (χ3v) is 0. The van der Waals surface area contributed by atoms with E-state index in [0.29, 0.717) is 0 Å². The van der Waals surface area contributed by atoms with Gasteiger partial charge in [-0.05, 0) is 0 Å². The molecule has 0 aromatic rings. The van der Waals surface area contributed by atoms with Gasteiger partial charge in [-0.3, -0.25) is 0 Å². The molecule has 0 unspecified atom stereocenters. The van der Waals surface area contributed by atoms with Crippen LogP contribution in [0.2, 0.25) is 0 Å². The summed E-state index contributed by atoms with van der Waals surface area (Å²) in [5.41, 5.74) is 0. The Balaban J connectivity index is 0. The van der Waals surface area contributed by atoms with Crippen LogP contribution >= 0.6 is 23.7 Å². The first kappa shape index (κ1) is 8.96. The van der Waals surface area contributed by atoms with Gasteiger partial charge >= 0.3 is 0 Å². The second kappa shape index (κ2) is 8.88. The molecular weight excluding hydrogens is 273 g/mol. The van der Waals surface area contributed by atoms with E-state index in [2.05, 4.69) is 27.6 Å². The topological polar surface area (TPSA) is 9.23 Å². The van der Waals surface area contributed by atoms with Crippen LogP contribution in [0.3, 0.4) is 0 Å². The molecule has 4 heteroatoms. The zero-order valence-electron chi connectivity index (χ0n) is 1.54. The molecule has 0 aliphatic rings. The standard InChI is InChI=1S/Cl2O.Re/c1-3-2;. The molecule has 0 saturated carbocycles. The number of halogens is 2. The first-order valence-electron chi connectivity index (χ1n) is 0.309. The maximum absolute atomic E-state index is 4.26. The van der Waals surface area contributed by atoms with Crippen LogP contribution in [0.1, 0.15) is 0 Å². The van der Waals surface area contributed by atoms with E-state index in [-0.39, 0.29) is 20.4 Å². The van der Waals surface area contributed by atoms with Crippen LogP contribution in [0.5, 0.6) is 0 Å². The molecule has 0 bridgehead atoms. The Morgan fingerprint density at radius 3 is 1.25 bits per heavy atom. The van der Waals surface area contributed by atoms with E-state index in [0.717, 1.165) is 0 Å². The number of hydrogen-bond acceptors (Lipinski definition) is 1. The fraction of sp³-hybridized carbons (Fsp3) is 0. The van der Waals surface area contributed by atoms with Crippen LogP contribution in [-0.4, -0.2) is 0 Å². The van der Waals surface area contributed by atoms with Crippen molar-refractivity contribution in [3.8, 4) is 0 Å². The van der Waals surface area contributed by atoms with Gasteiger partial charge in [0.2, 0.25) is 0 Å². The summed E-state index contributed by atoms with van der Waals surface area (Å²) in [6, 6.07) is 0. The van der Waals surface area contributed by atoms with Crippen LogP contribution in [0.15, 0.2) is 0 Å². The van der Waals surface area contributed by atoms with E-state index in [1.54, 1.807) is 0 Å². The fourth-order valence-electron chi connectivity index (χ4n) is 0. The second-order valence-corrected chi connectivity index (χ2v) is 0.525. The predicted molar refractivity (Wildman–Crippen MR) is 12.8 cm³/mol. The van der Waals surface area contributed by atoms with Crippen LogP contribution in [0.4, 0.5) is 0 Å². The maximum atomic E-state index is 4.26. The van der Waals surface area contributed by atoms with E-state index in [9.17, 15) is 0 Å². The van der Waals surface area contributed by atoms with Gasteiger partial charge in [-0.2, -0.15) is 3.84 Å². The summed E-state index contributed by atoms with van der Waals surface area (Å²) in [6.07, 6.45) is 0. The van der Waals surface area contributed by atoms with E-state index in [1.165, 1.54) is 0 Å². The number of hydrogen-bond donors (Lipinski definition) is 0. The van der Waals surface area contributed by atoms with E-state index >= 15 is 0 Å². The van der Waals surface area contributed by atoms with Crippen LogP contribution in [-0.2, 0) is 24.3 Å². The molecule has 0 rings (SSSR count). The Kier molecular flexibility index (Phi) is 19.9. The summed E-state index contributed by atoms with van der Waals surface area (Å²) in [4.78, 5) is 0. The molecule has 4 heavy (non-hydrogen) atoms. The first-order valence-corrected chi connectivity index (χ1v) is 0.926. The molecule has 0 aliphatic carbocycles. The molecule has 0 saturated heterocycles. The summed E-state index contributed by atoms with van der Waals surface area (Å²) in [7, 11) is 0. The molecule has 0 amide bonds. The molecule has 0 N–H and O–H groups in total. The molecule has 1 radical (unpaired) electrons. The molecule has 27 valence electrons. The van der Waals surface area contributed by atoms with Gasteiger partial charge < -0.3 is 0 Å². The van der Waals surface area contributed by atoms with Crippen molar-refractivity contribution in [3.63, 3.8) is 0 Å². The monoisotopic (exact) mass is 273 g/mol. The quantitative estimate of drug-likeness (QED) is 0.646. The van der Waals surface area contributed by atoms with Crippen molar-refractivity contribution in [1.29, 1.82) is 0 Å². The SMILES string of the molecule is ClOCl.[Re]. The van der Waals surface area contributed by atoms with Gasteiger partial charge in [0.1, 0.15) is 0 Å². The number of rotatable bonds is 0. The van der Waals surface area contributed by atoms with Crippen molar-refractivity contribution >= 4 is 23.7 Å². The molecule has 0 aliphatic heterocycles. The minimum Gasteiger partial charge on any atom is -0.166 e. The molecule has 1 nitrogen and oxygen atoms in total. The summed E-state index contributed by atoms with van der Waals surface area (Å²) >= 11 is 8.53. The van der Waals surface area contributed by atoms with Crippen molar-refractivity contribution in [3.05, 3.63) is 0 Å². The van der Waals surface area contributed by atoms with Crippen molar-refractivity contribution < 1.29 is 24.3 Å². The zero-order valence-corrected chi connectivity index (χ0v) is 5.77. The van der Waals surface area contributed by atoms with E-state index < -0.39 is 0 Å². The normalized spacial score (nSPS) is 4.50. The van der Waals surface area contributed by atoms with Crippen molar-refractivity contribution in [1.82, 2.24) is 0 Å². The first-order chi connectivity index (χ1) is 1.41. The van der Waals surface area contributed by atoms with Crippen LogP contribution in [0, 0.1) is 0 Å². The van der Waals surface area contributed by atoms with Gasteiger partial charge in [0, 0.05) is 20.4 Å². The molecule has 0 atom stereocenters.